The molecule has 2 aliphatic heterocycles. The van der Waals surface area contributed by atoms with Gasteiger partial charge in [-0.25, -0.2) is 0 Å². The SMILES string of the molecule is NC(=O)c1ccc(Oc2cc(O)cc(O)c2-c2cc(C(=O)NC3CCN(C4CCOCC4)CC3)on2)cc1. The van der Waals surface area contributed by atoms with E-state index in [0.29, 0.717) is 17.4 Å². The maximum atomic E-state index is 12.9. The third kappa shape index (κ3) is 5.74. The van der Waals surface area contributed by atoms with Gasteiger partial charge in [-0.05, 0) is 49.9 Å². The lowest BCUT2D eigenvalue weighted by molar-refractivity contribution is 0.0237. The summed E-state index contributed by atoms with van der Waals surface area (Å²) >= 11 is 0. The van der Waals surface area contributed by atoms with Crippen LogP contribution in [0, 0.1) is 0 Å². The standard InChI is InChI=1S/C27H30N4O7/c28-26(34)16-1-3-20(4-2-16)37-23-14-19(32)13-22(33)25(23)21-15-24(38-30-21)27(35)29-17-5-9-31(10-6-17)18-7-11-36-12-8-18/h1-4,13-15,17-18,32-33H,5-12H2,(H2,28,34)(H,29,35). The smallest absolute Gasteiger partial charge is 0.290 e. The van der Waals surface area contributed by atoms with Crippen molar-refractivity contribution in [1.29, 1.82) is 0 Å². The second kappa shape index (κ2) is 11.1. The van der Waals surface area contributed by atoms with Gasteiger partial charge in [-0.1, -0.05) is 5.16 Å². The van der Waals surface area contributed by atoms with Crippen LogP contribution in [-0.2, 0) is 4.74 Å². The second-order valence-corrected chi connectivity index (χ2v) is 9.53. The van der Waals surface area contributed by atoms with Crippen LogP contribution < -0.4 is 15.8 Å². The number of carbonyl (C=O) groups is 2. The molecule has 38 heavy (non-hydrogen) atoms. The minimum absolute atomic E-state index is 0.00362. The Bertz CT molecular complexity index is 1290. The molecular formula is C27H30N4O7. The van der Waals surface area contributed by atoms with Gasteiger partial charge in [-0.15, -0.1) is 0 Å². The number of carbonyl (C=O) groups excluding carboxylic acids is 2. The van der Waals surface area contributed by atoms with Gasteiger partial charge in [0.2, 0.25) is 11.7 Å². The summed E-state index contributed by atoms with van der Waals surface area (Å²) in [6, 6.07) is 10.5. The number of amides is 2. The van der Waals surface area contributed by atoms with Crippen LogP contribution in [0.2, 0.25) is 0 Å². The Morgan fingerprint density at radius 2 is 1.74 bits per heavy atom. The molecule has 1 aromatic heterocycles. The summed E-state index contributed by atoms with van der Waals surface area (Å²) in [5.74, 6) is -1.11. The average molecular weight is 523 g/mol. The van der Waals surface area contributed by atoms with Gasteiger partial charge in [0.05, 0.1) is 5.56 Å². The van der Waals surface area contributed by atoms with Gasteiger partial charge in [0.1, 0.15) is 28.7 Å². The molecule has 0 aliphatic carbocycles. The summed E-state index contributed by atoms with van der Waals surface area (Å²) in [4.78, 5) is 26.7. The molecule has 2 aliphatic rings. The molecule has 0 unspecified atom stereocenters. The number of aromatic nitrogens is 1. The van der Waals surface area contributed by atoms with Crippen LogP contribution in [0.3, 0.4) is 0 Å². The molecule has 3 heterocycles. The third-order valence-corrected chi connectivity index (χ3v) is 6.99. The molecule has 0 radical (unpaired) electrons. The van der Waals surface area contributed by atoms with Gasteiger partial charge in [0, 0.05) is 62.1 Å². The normalized spacial score (nSPS) is 17.3. The monoisotopic (exact) mass is 522 g/mol. The van der Waals surface area contributed by atoms with E-state index in [4.69, 9.17) is 19.7 Å². The second-order valence-electron chi connectivity index (χ2n) is 9.53. The van der Waals surface area contributed by atoms with E-state index in [0.717, 1.165) is 58.1 Å². The summed E-state index contributed by atoms with van der Waals surface area (Å²) < 4.78 is 16.6. The number of primary amides is 1. The number of aromatic hydroxyl groups is 2. The van der Waals surface area contributed by atoms with Crippen molar-refractivity contribution < 1.29 is 33.8 Å². The largest absolute Gasteiger partial charge is 0.508 e. The summed E-state index contributed by atoms with van der Waals surface area (Å²) in [5.41, 5.74) is 5.87. The van der Waals surface area contributed by atoms with Crippen molar-refractivity contribution in [2.24, 2.45) is 5.73 Å². The number of phenols is 2. The van der Waals surface area contributed by atoms with Gasteiger partial charge in [-0.3, -0.25) is 9.59 Å². The number of nitrogens with two attached hydrogens (primary N) is 1. The minimum atomic E-state index is -0.578. The van der Waals surface area contributed by atoms with Gasteiger partial charge < -0.3 is 40.2 Å². The van der Waals surface area contributed by atoms with E-state index in [1.54, 1.807) is 0 Å². The Hall–Kier alpha value is -4.09. The summed E-state index contributed by atoms with van der Waals surface area (Å²) in [5, 5.41) is 27.6. The fraction of sp³-hybridized carbons (Fsp3) is 0.370. The first-order chi connectivity index (χ1) is 18.4. The highest BCUT2D eigenvalue weighted by Gasteiger charge is 2.28. The molecule has 0 atom stereocenters. The van der Waals surface area contributed by atoms with Crippen LogP contribution in [0.5, 0.6) is 23.0 Å². The number of phenolic OH excluding ortho intramolecular Hbond substituents is 2. The lowest BCUT2D eigenvalue weighted by Crippen LogP contribution is -2.49. The molecule has 2 amide bonds. The van der Waals surface area contributed by atoms with Gasteiger partial charge in [0.15, 0.2) is 0 Å². The number of likely N-dealkylation sites (tertiary alicyclic amines) is 1. The van der Waals surface area contributed by atoms with E-state index in [1.807, 2.05) is 0 Å². The molecule has 3 aromatic rings. The molecule has 5 rings (SSSR count). The van der Waals surface area contributed by atoms with Crippen LogP contribution in [0.15, 0.2) is 47.0 Å². The van der Waals surface area contributed by atoms with Crippen LogP contribution in [0.25, 0.3) is 11.3 Å². The third-order valence-electron chi connectivity index (χ3n) is 6.99. The predicted molar refractivity (Wildman–Crippen MR) is 136 cm³/mol. The Kier molecular flexibility index (Phi) is 7.47. The molecule has 200 valence electrons. The van der Waals surface area contributed by atoms with Gasteiger partial charge in [0.25, 0.3) is 5.91 Å². The highest BCUT2D eigenvalue weighted by atomic mass is 16.5. The first-order valence-electron chi connectivity index (χ1n) is 12.6. The number of benzene rings is 2. The van der Waals surface area contributed by atoms with Crippen molar-refractivity contribution in [3.05, 3.63) is 53.8 Å². The van der Waals surface area contributed by atoms with E-state index in [1.165, 1.54) is 36.4 Å². The molecule has 11 heteroatoms. The number of nitrogens with one attached hydrogen (secondary N) is 1. The number of hydrogen-bond acceptors (Lipinski definition) is 9. The van der Waals surface area contributed by atoms with Crippen molar-refractivity contribution >= 4 is 11.8 Å². The van der Waals surface area contributed by atoms with Crippen molar-refractivity contribution in [3.8, 4) is 34.3 Å². The molecule has 0 bridgehead atoms. The number of piperidine rings is 1. The molecule has 5 N–H and O–H groups in total. The maximum absolute atomic E-state index is 12.9. The van der Waals surface area contributed by atoms with Crippen LogP contribution >= 0.6 is 0 Å². The number of nitrogens with zero attached hydrogens (tertiary/aromatic N) is 2. The summed E-state index contributed by atoms with van der Waals surface area (Å²) in [7, 11) is 0. The Morgan fingerprint density at radius 3 is 2.42 bits per heavy atom. The number of ether oxygens (including phenoxy) is 2. The quantitative estimate of drug-likeness (QED) is 0.366. The first kappa shape index (κ1) is 25.6. The highest BCUT2D eigenvalue weighted by Crippen LogP contribution is 2.42. The van der Waals surface area contributed by atoms with Crippen molar-refractivity contribution in [2.75, 3.05) is 26.3 Å². The fourth-order valence-electron chi connectivity index (χ4n) is 4.95. The van der Waals surface area contributed by atoms with E-state index in [-0.39, 0.29) is 40.3 Å². The fourth-order valence-corrected chi connectivity index (χ4v) is 4.95. The van der Waals surface area contributed by atoms with E-state index >= 15 is 0 Å². The molecule has 2 aromatic carbocycles. The van der Waals surface area contributed by atoms with Gasteiger partial charge >= 0.3 is 0 Å². The zero-order valence-corrected chi connectivity index (χ0v) is 20.8. The van der Waals surface area contributed by atoms with Crippen LogP contribution in [-0.4, -0.2) is 70.5 Å². The maximum Gasteiger partial charge on any atom is 0.290 e. The van der Waals surface area contributed by atoms with Crippen LogP contribution in [0.4, 0.5) is 0 Å². The molecule has 2 saturated heterocycles. The Labute approximate surface area is 219 Å². The topological polar surface area (TPSA) is 160 Å². The zero-order chi connectivity index (χ0) is 26.6. The van der Waals surface area contributed by atoms with Crippen molar-refractivity contribution in [1.82, 2.24) is 15.4 Å². The lowest BCUT2D eigenvalue weighted by Gasteiger charge is -2.39. The molecule has 0 spiro atoms. The van der Waals surface area contributed by atoms with Crippen LogP contribution in [0.1, 0.15) is 46.6 Å². The molecular weight excluding hydrogens is 492 g/mol. The van der Waals surface area contributed by atoms with E-state index < -0.39 is 11.8 Å². The summed E-state index contributed by atoms with van der Waals surface area (Å²) in [6.07, 6.45) is 3.78. The lowest BCUT2D eigenvalue weighted by atomic mass is 9.99. The van der Waals surface area contributed by atoms with E-state index in [9.17, 15) is 19.8 Å². The molecule has 11 nitrogen and oxygen atoms in total. The Balaban J connectivity index is 1.27. The van der Waals surface area contributed by atoms with Crippen molar-refractivity contribution in [2.45, 2.75) is 37.8 Å². The number of hydrogen-bond donors (Lipinski definition) is 4. The zero-order valence-electron chi connectivity index (χ0n) is 20.8. The average Bonchev–Trinajstić information content (AvgIpc) is 3.39. The van der Waals surface area contributed by atoms with E-state index in [2.05, 4.69) is 15.4 Å². The van der Waals surface area contributed by atoms with Crippen molar-refractivity contribution in [3.63, 3.8) is 0 Å². The van der Waals surface area contributed by atoms with Gasteiger partial charge in [-0.2, -0.15) is 0 Å². The summed E-state index contributed by atoms with van der Waals surface area (Å²) in [6.45, 7) is 3.44. The highest BCUT2D eigenvalue weighted by molar-refractivity contribution is 5.93. The Morgan fingerprint density at radius 1 is 1.03 bits per heavy atom. The predicted octanol–water partition coefficient (Wildman–Crippen LogP) is 3.02. The molecule has 2 fully saturated rings. The minimum Gasteiger partial charge on any atom is -0.508 e. The molecule has 0 saturated carbocycles. The first-order valence-corrected chi connectivity index (χ1v) is 12.6. The number of rotatable bonds is 7.